The molecule has 90 valence electrons. The van der Waals surface area contributed by atoms with Gasteiger partial charge in [0.2, 0.25) is 0 Å². The number of hydrogen-bond donors (Lipinski definition) is 1. The van der Waals surface area contributed by atoms with Gasteiger partial charge in [0.15, 0.2) is 0 Å². The highest BCUT2D eigenvalue weighted by Crippen LogP contribution is 2.27. The van der Waals surface area contributed by atoms with Crippen LogP contribution in [0.5, 0.6) is 0 Å². The summed E-state index contributed by atoms with van der Waals surface area (Å²) in [5, 5.41) is 3.62. The molecule has 1 N–H and O–H groups in total. The molecular weight excluding hydrogens is 198 g/mol. The lowest BCUT2D eigenvalue weighted by Gasteiger charge is -2.20. The molecule has 2 rings (SSSR count). The van der Waals surface area contributed by atoms with Gasteiger partial charge < -0.3 is 9.88 Å². The maximum Gasteiger partial charge on any atom is 0.122 e. The minimum absolute atomic E-state index is 0.629. The molecule has 1 aromatic heterocycles. The Morgan fingerprint density at radius 3 is 2.94 bits per heavy atom. The lowest BCUT2D eigenvalue weighted by molar-refractivity contribution is 0.374. The Balaban J connectivity index is 1.82. The van der Waals surface area contributed by atoms with E-state index in [0.717, 1.165) is 24.8 Å². The summed E-state index contributed by atoms with van der Waals surface area (Å²) in [7, 11) is 0. The van der Waals surface area contributed by atoms with Crippen molar-refractivity contribution in [3.8, 4) is 0 Å². The summed E-state index contributed by atoms with van der Waals surface area (Å²) >= 11 is 0. The van der Waals surface area contributed by atoms with E-state index in [1.165, 1.54) is 25.7 Å². The van der Waals surface area contributed by atoms with Crippen LogP contribution in [0.4, 0.5) is 0 Å². The number of nitrogens with one attached hydrogen (secondary N) is 1. The van der Waals surface area contributed by atoms with Gasteiger partial charge in [0.25, 0.3) is 0 Å². The second kappa shape index (κ2) is 5.48. The van der Waals surface area contributed by atoms with Crippen LogP contribution in [-0.2, 0) is 13.1 Å². The van der Waals surface area contributed by atoms with Gasteiger partial charge in [-0.2, -0.15) is 0 Å². The predicted molar refractivity (Wildman–Crippen MR) is 66.2 cm³/mol. The number of hydrogen-bond acceptors (Lipinski definition) is 2. The van der Waals surface area contributed by atoms with Crippen molar-refractivity contribution in [2.75, 3.05) is 0 Å². The van der Waals surface area contributed by atoms with Crippen molar-refractivity contribution in [2.45, 2.75) is 58.7 Å². The highest BCUT2D eigenvalue weighted by atomic mass is 15.1. The van der Waals surface area contributed by atoms with Gasteiger partial charge in [0.1, 0.15) is 5.82 Å². The summed E-state index contributed by atoms with van der Waals surface area (Å²) in [5.74, 6) is 2.04. The van der Waals surface area contributed by atoms with E-state index >= 15 is 0 Å². The van der Waals surface area contributed by atoms with Gasteiger partial charge in [-0.3, -0.25) is 0 Å². The molecule has 1 fully saturated rings. The topological polar surface area (TPSA) is 29.9 Å². The zero-order valence-corrected chi connectivity index (χ0v) is 10.4. The Morgan fingerprint density at radius 2 is 2.25 bits per heavy atom. The minimum Gasteiger partial charge on any atom is -0.334 e. The first-order valence-electron chi connectivity index (χ1n) is 6.54. The molecule has 1 atom stereocenters. The molecule has 1 aliphatic carbocycles. The van der Waals surface area contributed by atoms with Crippen LogP contribution in [0.1, 0.15) is 45.4 Å². The van der Waals surface area contributed by atoms with E-state index in [2.05, 4.69) is 34.9 Å². The average molecular weight is 221 g/mol. The zero-order chi connectivity index (χ0) is 11.4. The SMILES string of the molecule is CCn1ccnc1CN[C@H](C)C1CCCC1. The first kappa shape index (κ1) is 11.6. The minimum atomic E-state index is 0.629. The zero-order valence-electron chi connectivity index (χ0n) is 10.4. The summed E-state index contributed by atoms with van der Waals surface area (Å²) in [6, 6.07) is 0.629. The maximum absolute atomic E-state index is 4.39. The van der Waals surface area contributed by atoms with Gasteiger partial charge in [0.05, 0.1) is 6.54 Å². The van der Waals surface area contributed by atoms with E-state index in [0.29, 0.717) is 6.04 Å². The smallest absolute Gasteiger partial charge is 0.122 e. The van der Waals surface area contributed by atoms with Crippen LogP contribution < -0.4 is 5.32 Å². The summed E-state index contributed by atoms with van der Waals surface area (Å²) in [4.78, 5) is 4.39. The van der Waals surface area contributed by atoms with Crippen LogP contribution >= 0.6 is 0 Å². The highest BCUT2D eigenvalue weighted by molar-refractivity contribution is 4.92. The monoisotopic (exact) mass is 221 g/mol. The fraction of sp³-hybridized carbons (Fsp3) is 0.769. The van der Waals surface area contributed by atoms with Gasteiger partial charge in [-0.25, -0.2) is 4.98 Å². The van der Waals surface area contributed by atoms with E-state index < -0.39 is 0 Å². The van der Waals surface area contributed by atoms with Crippen molar-refractivity contribution in [1.82, 2.24) is 14.9 Å². The first-order chi connectivity index (χ1) is 7.81. The Labute approximate surface area is 98.3 Å². The normalized spacial score (nSPS) is 19.1. The van der Waals surface area contributed by atoms with Crippen LogP contribution in [0.25, 0.3) is 0 Å². The van der Waals surface area contributed by atoms with Crippen LogP contribution in [0.3, 0.4) is 0 Å². The van der Waals surface area contributed by atoms with Gasteiger partial charge >= 0.3 is 0 Å². The molecule has 1 aliphatic rings. The van der Waals surface area contributed by atoms with E-state index in [1.54, 1.807) is 0 Å². The van der Waals surface area contributed by atoms with Crippen molar-refractivity contribution in [1.29, 1.82) is 0 Å². The number of aromatic nitrogens is 2. The molecule has 0 unspecified atom stereocenters. The van der Waals surface area contributed by atoms with Crippen molar-refractivity contribution >= 4 is 0 Å². The van der Waals surface area contributed by atoms with Crippen molar-refractivity contribution in [3.05, 3.63) is 18.2 Å². The maximum atomic E-state index is 4.39. The fourth-order valence-corrected chi connectivity index (χ4v) is 2.67. The highest BCUT2D eigenvalue weighted by Gasteiger charge is 2.21. The van der Waals surface area contributed by atoms with E-state index in [4.69, 9.17) is 0 Å². The van der Waals surface area contributed by atoms with Crippen molar-refractivity contribution in [3.63, 3.8) is 0 Å². The lowest BCUT2D eigenvalue weighted by Crippen LogP contribution is -2.32. The van der Waals surface area contributed by atoms with Gasteiger partial charge in [-0.05, 0) is 32.6 Å². The van der Waals surface area contributed by atoms with Gasteiger partial charge in [0, 0.05) is 25.0 Å². The molecule has 16 heavy (non-hydrogen) atoms. The molecule has 0 amide bonds. The van der Waals surface area contributed by atoms with E-state index in [1.807, 2.05) is 6.20 Å². The molecule has 0 radical (unpaired) electrons. The molecule has 0 bridgehead atoms. The summed E-state index contributed by atoms with van der Waals surface area (Å²) in [6.45, 7) is 6.38. The largest absolute Gasteiger partial charge is 0.334 e. The van der Waals surface area contributed by atoms with Gasteiger partial charge in [-0.1, -0.05) is 12.8 Å². The number of aryl methyl sites for hydroxylation is 1. The van der Waals surface area contributed by atoms with Crippen LogP contribution in [-0.4, -0.2) is 15.6 Å². The van der Waals surface area contributed by atoms with E-state index in [9.17, 15) is 0 Å². The summed E-state index contributed by atoms with van der Waals surface area (Å²) < 4.78 is 2.20. The Morgan fingerprint density at radius 1 is 1.50 bits per heavy atom. The van der Waals surface area contributed by atoms with Crippen LogP contribution in [0.15, 0.2) is 12.4 Å². The lowest BCUT2D eigenvalue weighted by atomic mass is 10.00. The molecule has 3 heteroatoms. The van der Waals surface area contributed by atoms with Crippen molar-refractivity contribution < 1.29 is 0 Å². The molecule has 1 saturated carbocycles. The van der Waals surface area contributed by atoms with Crippen LogP contribution in [0.2, 0.25) is 0 Å². The van der Waals surface area contributed by atoms with Gasteiger partial charge in [-0.15, -0.1) is 0 Å². The van der Waals surface area contributed by atoms with Crippen LogP contribution in [0, 0.1) is 5.92 Å². The quantitative estimate of drug-likeness (QED) is 0.828. The number of nitrogens with zero attached hydrogens (tertiary/aromatic N) is 2. The van der Waals surface area contributed by atoms with E-state index in [-0.39, 0.29) is 0 Å². The average Bonchev–Trinajstić information content (AvgIpc) is 2.96. The predicted octanol–water partition coefficient (Wildman–Crippen LogP) is 2.57. The first-order valence-corrected chi connectivity index (χ1v) is 6.54. The molecule has 0 aromatic carbocycles. The fourth-order valence-electron chi connectivity index (χ4n) is 2.67. The third-order valence-electron chi connectivity index (χ3n) is 3.83. The molecule has 3 nitrogen and oxygen atoms in total. The third kappa shape index (κ3) is 2.64. The molecule has 1 aromatic rings. The Bertz CT molecular complexity index is 313. The third-order valence-corrected chi connectivity index (χ3v) is 3.83. The molecule has 0 spiro atoms. The molecule has 0 aliphatic heterocycles. The van der Waals surface area contributed by atoms with Crippen molar-refractivity contribution in [2.24, 2.45) is 5.92 Å². The number of imidazole rings is 1. The summed E-state index contributed by atoms with van der Waals surface area (Å²) in [6.07, 6.45) is 9.57. The Hall–Kier alpha value is -0.830. The summed E-state index contributed by atoms with van der Waals surface area (Å²) in [5.41, 5.74) is 0. The second-order valence-electron chi connectivity index (χ2n) is 4.84. The molecule has 0 saturated heterocycles. The standard InChI is InChI=1S/C13H23N3/c1-3-16-9-8-14-13(16)10-15-11(2)12-6-4-5-7-12/h8-9,11-12,15H,3-7,10H2,1-2H3/t11-/m1/s1. The molecular formula is C13H23N3. The Kier molecular flexibility index (Phi) is 3.99. The second-order valence-corrected chi connectivity index (χ2v) is 4.84. The number of rotatable bonds is 5. The molecule has 1 heterocycles.